The Bertz CT molecular complexity index is 730. The normalized spacial score (nSPS) is 18.5. The Kier molecular flexibility index (Phi) is 4.92. The lowest BCUT2D eigenvalue weighted by molar-refractivity contribution is 0.134. The summed E-state index contributed by atoms with van der Waals surface area (Å²) >= 11 is 6.56. The van der Waals surface area contributed by atoms with E-state index in [1.807, 2.05) is 19.1 Å². The summed E-state index contributed by atoms with van der Waals surface area (Å²) < 4.78 is 5.82. The predicted octanol–water partition coefficient (Wildman–Crippen LogP) is 3.61. The van der Waals surface area contributed by atoms with Gasteiger partial charge in [-0.3, -0.25) is 0 Å². The number of benzene rings is 1. The van der Waals surface area contributed by atoms with Crippen molar-refractivity contribution in [3.63, 3.8) is 0 Å². The second-order valence-electron chi connectivity index (χ2n) is 6.32. The third-order valence-electron chi connectivity index (χ3n) is 4.46. The highest BCUT2D eigenvalue weighted by Crippen LogP contribution is 2.34. The molecular formula is C18H23ClN4O. The number of ether oxygens (including phenoxy) is 1. The molecule has 6 heteroatoms. The maximum atomic E-state index is 6.56. The van der Waals surface area contributed by atoms with Crippen molar-refractivity contribution in [1.29, 1.82) is 0 Å². The van der Waals surface area contributed by atoms with Gasteiger partial charge in [-0.2, -0.15) is 4.98 Å². The fraction of sp³-hybridized carbons (Fsp3) is 0.444. The molecule has 5 nitrogen and oxygen atoms in total. The summed E-state index contributed by atoms with van der Waals surface area (Å²) in [6.45, 7) is 8.24. The smallest absolute Gasteiger partial charge is 0.222 e. The Morgan fingerprint density at radius 2 is 1.92 bits per heavy atom. The molecule has 1 atom stereocenters. The number of nitrogen functional groups attached to an aromatic ring is 1. The first-order valence-electron chi connectivity index (χ1n) is 8.18. The molecule has 1 aromatic heterocycles. The summed E-state index contributed by atoms with van der Waals surface area (Å²) in [5.74, 6) is 1.12. The van der Waals surface area contributed by atoms with Gasteiger partial charge in [0, 0.05) is 29.9 Å². The monoisotopic (exact) mass is 346 g/mol. The molecule has 0 aliphatic carbocycles. The molecule has 2 aromatic rings. The maximum Gasteiger partial charge on any atom is 0.222 e. The van der Waals surface area contributed by atoms with Crippen LogP contribution in [0.3, 0.4) is 0 Å². The summed E-state index contributed by atoms with van der Waals surface area (Å²) in [5, 5.41) is 0.761. The molecule has 0 bridgehead atoms. The molecule has 1 aromatic carbocycles. The van der Waals surface area contributed by atoms with Gasteiger partial charge in [0.15, 0.2) is 0 Å². The fourth-order valence-electron chi connectivity index (χ4n) is 3.09. The Morgan fingerprint density at radius 3 is 2.67 bits per heavy atom. The summed E-state index contributed by atoms with van der Waals surface area (Å²) in [7, 11) is 0. The summed E-state index contributed by atoms with van der Waals surface area (Å²) in [6, 6.07) is 6.15. The molecule has 1 unspecified atom stereocenters. The van der Waals surface area contributed by atoms with Gasteiger partial charge in [0.25, 0.3) is 0 Å². The van der Waals surface area contributed by atoms with E-state index in [-0.39, 0.29) is 6.04 Å². The van der Waals surface area contributed by atoms with E-state index in [1.165, 1.54) is 11.1 Å². The molecular weight excluding hydrogens is 324 g/mol. The molecule has 1 fully saturated rings. The Balaban J connectivity index is 2.06. The molecule has 0 radical (unpaired) electrons. The van der Waals surface area contributed by atoms with Gasteiger partial charge in [-0.25, -0.2) is 4.98 Å². The minimum Gasteiger partial charge on any atom is -0.379 e. The van der Waals surface area contributed by atoms with Crippen LogP contribution in [-0.4, -0.2) is 29.7 Å². The molecule has 24 heavy (non-hydrogen) atoms. The number of nitrogens with two attached hydrogens (primary N) is 1. The first-order valence-corrected chi connectivity index (χ1v) is 8.55. The number of hydrogen-bond donors (Lipinski definition) is 1. The van der Waals surface area contributed by atoms with Crippen LogP contribution in [-0.2, 0) is 4.74 Å². The van der Waals surface area contributed by atoms with Gasteiger partial charge in [0.1, 0.15) is 5.82 Å². The van der Waals surface area contributed by atoms with E-state index in [4.69, 9.17) is 22.1 Å². The van der Waals surface area contributed by atoms with Crippen molar-refractivity contribution in [3.05, 3.63) is 45.6 Å². The van der Waals surface area contributed by atoms with Crippen LogP contribution in [0.1, 0.15) is 34.8 Å². The van der Waals surface area contributed by atoms with Crippen molar-refractivity contribution < 1.29 is 4.74 Å². The third-order valence-corrected chi connectivity index (χ3v) is 4.79. The highest BCUT2D eigenvalue weighted by atomic mass is 35.5. The second kappa shape index (κ2) is 6.95. The lowest BCUT2D eigenvalue weighted by Gasteiger charge is -2.32. The topological polar surface area (TPSA) is 64.3 Å². The van der Waals surface area contributed by atoms with Gasteiger partial charge < -0.3 is 15.4 Å². The average Bonchev–Trinajstić information content (AvgIpc) is 2.75. The zero-order chi connectivity index (χ0) is 17.3. The molecule has 0 spiro atoms. The fourth-order valence-corrected chi connectivity index (χ4v) is 3.43. The lowest BCUT2D eigenvalue weighted by atomic mass is 10.00. The molecule has 128 valence electrons. The van der Waals surface area contributed by atoms with Crippen molar-refractivity contribution in [2.75, 3.05) is 30.4 Å². The number of aromatic nitrogens is 2. The van der Waals surface area contributed by atoms with E-state index in [0.717, 1.165) is 41.7 Å². The SMILES string of the molecule is Cc1cc(N2CCCOCC2c2cc(C)c(C)cc2Cl)nc(N)n1. The number of nitrogens with zero attached hydrogens (tertiary/aromatic N) is 3. The van der Waals surface area contributed by atoms with E-state index in [1.54, 1.807) is 0 Å². The number of hydrogen-bond acceptors (Lipinski definition) is 5. The van der Waals surface area contributed by atoms with Crippen molar-refractivity contribution in [2.24, 2.45) is 0 Å². The molecule has 2 N–H and O–H groups in total. The van der Waals surface area contributed by atoms with Crippen LogP contribution in [0.5, 0.6) is 0 Å². The molecule has 2 heterocycles. The maximum absolute atomic E-state index is 6.56. The second-order valence-corrected chi connectivity index (χ2v) is 6.73. The Hall–Kier alpha value is -1.85. The standard InChI is InChI=1S/C18H23ClN4O/c1-11-7-14(15(19)8-12(11)2)16-10-24-6-4-5-23(16)17-9-13(3)21-18(20)22-17/h7-9,16H,4-6,10H2,1-3H3,(H2,20,21,22). The van der Waals surface area contributed by atoms with Crippen molar-refractivity contribution in [1.82, 2.24) is 9.97 Å². The quantitative estimate of drug-likeness (QED) is 0.900. The minimum absolute atomic E-state index is 0.00741. The minimum atomic E-state index is 0.00741. The zero-order valence-electron chi connectivity index (χ0n) is 14.3. The molecule has 3 rings (SSSR count). The van der Waals surface area contributed by atoms with Gasteiger partial charge in [0.2, 0.25) is 5.95 Å². The summed E-state index contributed by atoms with van der Waals surface area (Å²) in [4.78, 5) is 10.8. The molecule has 1 saturated heterocycles. The Labute approximate surface area is 147 Å². The van der Waals surface area contributed by atoms with E-state index < -0.39 is 0 Å². The van der Waals surface area contributed by atoms with Gasteiger partial charge in [-0.1, -0.05) is 17.7 Å². The van der Waals surface area contributed by atoms with Crippen molar-refractivity contribution in [3.8, 4) is 0 Å². The zero-order valence-corrected chi connectivity index (χ0v) is 15.1. The molecule has 1 aliphatic heterocycles. The molecule has 0 amide bonds. The Morgan fingerprint density at radius 1 is 1.17 bits per heavy atom. The lowest BCUT2D eigenvalue weighted by Crippen LogP contribution is -2.32. The van der Waals surface area contributed by atoms with Gasteiger partial charge in [-0.15, -0.1) is 0 Å². The number of rotatable bonds is 2. The van der Waals surface area contributed by atoms with Gasteiger partial charge in [-0.05, 0) is 49.9 Å². The van der Waals surface area contributed by atoms with E-state index in [0.29, 0.717) is 12.6 Å². The van der Waals surface area contributed by atoms with Crippen LogP contribution < -0.4 is 10.6 Å². The highest BCUT2D eigenvalue weighted by molar-refractivity contribution is 6.31. The van der Waals surface area contributed by atoms with E-state index in [2.05, 4.69) is 34.8 Å². The number of aryl methyl sites for hydroxylation is 3. The van der Waals surface area contributed by atoms with Crippen LogP contribution >= 0.6 is 11.6 Å². The third kappa shape index (κ3) is 3.47. The number of halogens is 1. The van der Waals surface area contributed by atoms with Crippen LogP contribution in [0.25, 0.3) is 0 Å². The van der Waals surface area contributed by atoms with Crippen LogP contribution in [0, 0.1) is 20.8 Å². The average molecular weight is 347 g/mol. The van der Waals surface area contributed by atoms with E-state index in [9.17, 15) is 0 Å². The van der Waals surface area contributed by atoms with E-state index >= 15 is 0 Å². The first-order chi connectivity index (χ1) is 11.5. The van der Waals surface area contributed by atoms with Crippen molar-refractivity contribution >= 4 is 23.4 Å². The van der Waals surface area contributed by atoms with Crippen LogP contribution in [0.2, 0.25) is 5.02 Å². The predicted molar refractivity (Wildman–Crippen MR) is 97.6 cm³/mol. The summed E-state index contributed by atoms with van der Waals surface area (Å²) in [5.41, 5.74) is 10.2. The molecule has 1 aliphatic rings. The van der Waals surface area contributed by atoms with Gasteiger partial charge in [0.05, 0.1) is 12.6 Å². The largest absolute Gasteiger partial charge is 0.379 e. The van der Waals surface area contributed by atoms with Gasteiger partial charge >= 0.3 is 0 Å². The van der Waals surface area contributed by atoms with Crippen LogP contribution in [0.15, 0.2) is 18.2 Å². The molecule has 0 saturated carbocycles. The van der Waals surface area contributed by atoms with Crippen molar-refractivity contribution in [2.45, 2.75) is 33.2 Å². The van der Waals surface area contributed by atoms with Crippen LogP contribution in [0.4, 0.5) is 11.8 Å². The summed E-state index contributed by atoms with van der Waals surface area (Å²) in [6.07, 6.45) is 0.932. The number of anilines is 2. The highest BCUT2D eigenvalue weighted by Gasteiger charge is 2.27. The first kappa shape index (κ1) is 17.0.